The molecule has 0 aromatic carbocycles. The number of nitrogens with zero attached hydrogens (tertiary/aromatic N) is 4. The van der Waals surface area contributed by atoms with Gasteiger partial charge in [0.05, 0.1) is 36.9 Å². The molecule has 0 spiro atoms. The lowest BCUT2D eigenvalue weighted by Crippen LogP contribution is -2.07. The Hall–Kier alpha value is -2.15. The minimum absolute atomic E-state index is 0.497. The third kappa shape index (κ3) is 3.92. The fourth-order valence-electron chi connectivity index (χ4n) is 1.46. The number of hydrogen-bond acceptors (Lipinski definition) is 6. The summed E-state index contributed by atoms with van der Waals surface area (Å²) in [6.45, 7) is 1.70. The van der Waals surface area contributed by atoms with Gasteiger partial charge in [-0.25, -0.2) is 4.98 Å². The van der Waals surface area contributed by atoms with E-state index < -0.39 is 0 Å². The molecular weight excluding hydrogens is 246 g/mol. The quantitative estimate of drug-likeness (QED) is 0.746. The van der Waals surface area contributed by atoms with Crippen molar-refractivity contribution in [1.82, 2.24) is 20.0 Å². The second kappa shape index (κ2) is 6.69. The molecule has 2 aromatic heterocycles. The first kappa shape index (κ1) is 13.3. The summed E-state index contributed by atoms with van der Waals surface area (Å²) in [7, 11) is 3.49. The van der Waals surface area contributed by atoms with Crippen molar-refractivity contribution >= 4 is 5.69 Å². The van der Waals surface area contributed by atoms with Gasteiger partial charge in [0, 0.05) is 20.2 Å². The summed E-state index contributed by atoms with van der Waals surface area (Å²) in [4.78, 5) is 4.19. The highest BCUT2D eigenvalue weighted by molar-refractivity contribution is 5.42. The van der Waals surface area contributed by atoms with Crippen LogP contribution in [-0.2, 0) is 18.3 Å². The standard InChI is InChI=1S/C12H17N5O2/c1-17-11(9-15-16-17)8-13-10-3-4-12(14-7-10)19-6-5-18-2/h3-4,7,9,13H,5-6,8H2,1-2H3. The van der Waals surface area contributed by atoms with Crippen LogP contribution in [0, 0.1) is 0 Å². The predicted octanol–water partition coefficient (Wildman–Crippen LogP) is 0.847. The third-order valence-corrected chi connectivity index (χ3v) is 2.56. The molecule has 0 atom stereocenters. The smallest absolute Gasteiger partial charge is 0.213 e. The van der Waals surface area contributed by atoms with E-state index in [0.717, 1.165) is 11.4 Å². The fourth-order valence-corrected chi connectivity index (χ4v) is 1.46. The van der Waals surface area contributed by atoms with Crippen LogP contribution in [0.15, 0.2) is 24.5 Å². The molecule has 1 N–H and O–H groups in total. The van der Waals surface area contributed by atoms with Crippen LogP contribution in [0.3, 0.4) is 0 Å². The third-order valence-electron chi connectivity index (χ3n) is 2.56. The average Bonchev–Trinajstić information content (AvgIpc) is 2.84. The molecule has 0 amide bonds. The number of aryl methyl sites for hydroxylation is 1. The van der Waals surface area contributed by atoms with Gasteiger partial charge in [-0.15, -0.1) is 5.10 Å². The van der Waals surface area contributed by atoms with Crippen molar-refractivity contribution in [3.63, 3.8) is 0 Å². The molecule has 19 heavy (non-hydrogen) atoms. The van der Waals surface area contributed by atoms with Crippen molar-refractivity contribution in [1.29, 1.82) is 0 Å². The zero-order valence-electron chi connectivity index (χ0n) is 11.0. The molecule has 0 fully saturated rings. The van der Waals surface area contributed by atoms with E-state index >= 15 is 0 Å². The monoisotopic (exact) mass is 263 g/mol. The Labute approximate surface area is 111 Å². The first-order valence-electron chi connectivity index (χ1n) is 5.95. The highest BCUT2D eigenvalue weighted by Crippen LogP contribution is 2.12. The molecule has 2 aromatic rings. The van der Waals surface area contributed by atoms with Gasteiger partial charge < -0.3 is 14.8 Å². The minimum Gasteiger partial charge on any atom is -0.475 e. The number of methoxy groups -OCH3 is 1. The zero-order chi connectivity index (χ0) is 13.5. The molecule has 2 rings (SSSR count). The number of aromatic nitrogens is 4. The first-order chi connectivity index (χ1) is 9.29. The van der Waals surface area contributed by atoms with Gasteiger partial charge in [-0.1, -0.05) is 5.21 Å². The summed E-state index contributed by atoms with van der Waals surface area (Å²) in [5.74, 6) is 0.588. The summed E-state index contributed by atoms with van der Waals surface area (Å²) in [6, 6.07) is 3.73. The van der Waals surface area contributed by atoms with Crippen molar-refractivity contribution in [3.8, 4) is 5.88 Å². The van der Waals surface area contributed by atoms with Gasteiger partial charge >= 0.3 is 0 Å². The predicted molar refractivity (Wildman–Crippen MR) is 69.9 cm³/mol. The molecule has 0 saturated heterocycles. The highest BCUT2D eigenvalue weighted by atomic mass is 16.5. The summed E-state index contributed by atoms with van der Waals surface area (Å²) < 4.78 is 12.0. The Morgan fingerprint density at radius 2 is 2.16 bits per heavy atom. The van der Waals surface area contributed by atoms with Crippen LogP contribution in [0.2, 0.25) is 0 Å². The summed E-state index contributed by atoms with van der Waals surface area (Å²) in [5.41, 5.74) is 1.92. The lowest BCUT2D eigenvalue weighted by Gasteiger charge is -2.07. The Bertz CT molecular complexity index is 497. The van der Waals surface area contributed by atoms with Gasteiger partial charge in [0.2, 0.25) is 5.88 Å². The first-order valence-corrected chi connectivity index (χ1v) is 5.95. The Balaban J connectivity index is 1.83. The molecule has 0 radical (unpaired) electrons. The van der Waals surface area contributed by atoms with Crippen LogP contribution in [0.25, 0.3) is 0 Å². The van der Waals surface area contributed by atoms with Crippen LogP contribution < -0.4 is 10.1 Å². The van der Waals surface area contributed by atoms with Gasteiger partial charge in [0.1, 0.15) is 6.61 Å². The molecule has 0 aliphatic carbocycles. The molecule has 0 saturated carbocycles. The second-order valence-electron chi connectivity index (χ2n) is 3.93. The van der Waals surface area contributed by atoms with Gasteiger partial charge in [0.25, 0.3) is 0 Å². The Kier molecular flexibility index (Phi) is 4.68. The molecule has 0 unspecified atom stereocenters. The van der Waals surface area contributed by atoms with E-state index in [1.807, 2.05) is 19.2 Å². The summed E-state index contributed by atoms with van der Waals surface area (Å²) >= 11 is 0. The number of rotatable bonds is 7. The molecule has 7 nitrogen and oxygen atoms in total. The minimum atomic E-state index is 0.497. The van der Waals surface area contributed by atoms with E-state index in [2.05, 4.69) is 20.6 Å². The van der Waals surface area contributed by atoms with Gasteiger partial charge in [-0.2, -0.15) is 0 Å². The van der Waals surface area contributed by atoms with E-state index in [9.17, 15) is 0 Å². The van der Waals surface area contributed by atoms with Gasteiger partial charge in [0.15, 0.2) is 0 Å². The van der Waals surface area contributed by atoms with Crippen LogP contribution in [-0.4, -0.2) is 40.3 Å². The maximum Gasteiger partial charge on any atom is 0.213 e. The largest absolute Gasteiger partial charge is 0.475 e. The van der Waals surface area contributed by atoms with E-state index in [0.29, 0.717) is 25.6 Å². The Morgan fingerprint density at radius 1 is 1.26 bits per heavy atom. The molecule has 102 valence electrons. The van der Waals surface area contributed by atoms with Crippen molar-refractivity contribution in [2.45, 2.75) is 6.54 Å². The fraction of sp³-hybridized carbons (Fsp3) is 0.417. The zero-order valence-corrected chi connectivity index (χ0v) is 11.0. The second-order valence-corrected chi connectivity index (χ2v) is 3.93. The lowest BCUT2D eigenvalue weighted by atomic mass is 10.4. The molecule has 0 bridgehead atoms. The lowest BCUT2D eigenvalue weighted by molar-refractivity contribution is 0.144. The number of anilines is 1. The molecule has 0 aliphatic heterocycles. The summed E-state index contributed by atoms with van der Waals surface area (Å²) in [6.07, 6.45) is 3.45. The van der Waals surface area contributed by atoms with Crippen LogP contribution >= 0.6 is 0 Å². The molecule has 0 aliphatic rings. The number of pyridine rings is 1. The topological polar surface area (TPSA) is 74.1 Å². The average molecular weight is 263 g/mol. The van der Waals surface area contributed by atoms with Crippen molar-refractivity contribution in [3.05, 3.63) is 30.2 Å². The van der Waals surface area contributed by atoms with Gasteiger partial charge in [-0.3, -0.25) is 4.68 Å². The number of ether oxygens (including phenoxy) is 2. The van der Waals surface area contributed by atoms with Crippen molar-refractivity contribution in [2.24, 2.45) is 7.05 Å². The highest BCUT2D eigenvalue weighted by Gasteiger charge is 2.00. The van der Waals surface area contributed by atoms with E-state index in [1.54, 1.807) is 24.2 Å². The van der Waals surface area contributed by atoms with E-state index in [1.165, 1.54) is 0 Å². The van der Waals surface area contributed by atoms with Crippen molar-refractivity contribution < 1.29 is 9.47 Å². The SMILES string of the molecule is COCCOc1ccc(NCc2cnnn2C)cn1. The number of nitrogens with one attached hydrogen (secondary N) is 1. The Morgan fingerprint density at radius 3 is 2.79 bits per heavy atom. The normalized spacial score (nSPS) is 10.4. The molecular formula is C12H17N5O2. The van der Waals surface area contributed by atoms with Crippen molar-refractivity contribution in [2.75, 3.05) is 25.6 Å². The van der Waals surface area contributed by atoms with E-state index in [4.69, 9.17) is 9.47 Å². The number of hydrogen-bond donors (Lipinski definition) is 1. The van der Waals surface area contributed by atoms with Crippen LogP contribution in [0.5, 0.6) is 5.88 Å². The van der Waals surface area contributed by atoms with E-state index in [-0.39, 0.29) is 0 Å². The molecule has 2 heterocycles. The van der Waals surface area contributed by atoms with Crippen LogP contribution in [0.1, 0.15) is 5.69 Å². The maximum absolute atomic E-state index is 5.38. The van der Waals surface area contributed by atoms with Gasteiger partial charge in [-0.05, 0) is 6.07 Å². The maximum atomic E-state index is 5.38. The van der Waals surface area contributed by atoms with Crippen LogP contribution in [0.4, 0.5) is 5.69 Å². The summed E-state index contributed by atoms with van der Waals surface area (Å²) in [5, 5.41) is 10.9. The molecule has 7 heteroatoms.